The number of rotatable bonds is 11. The first kappa shape index (κ1) is 15.9. The topological polar surface area (TPSA) is 74.6 Å². The molecule has 2 N–H and O–H groups in total. The van der Waals surface area contributed by atoms with Crippen molar-refractivity contribution in [3.63, 3.8) is 0 Å². The fraction of sp³-hybridized carbons (Fsp3) is 0.846. The zero-order valence-corrected chi connectivity index (χ0v) is 10.7. The molecule has 0 aromatic heterocycles. The van der Waals surface area contributed by atoms with Gasteiger partial charge >= 0.3 is 11.9 Å². The highest BCUT2D eigenvalue weighted by molar-refractivity contribution is 5.69. The van der Waals surface area contributed by atoms with Gasteiger partial charge < -0.3 is 10.2 Å². The van der Waals surface area contributed by atoms with Gasteiger partial charge in [-0.05, 0) is 19.3 Å². The minimum Gasteiger partial charge on any atom is -0.481 e. The summed E-state index contributed by atoms with van der Waals surface area (Å²) in [5.74, 6) is -1.84. The predicted octanol–water partition coefficient (Wildman–Crippen LogP) is 3.30. The molecule has 0 aliphatic heterocycles. The van der Waals surface area contributed by atoms with E-state index in [2.05, 4.69) is 6.92 Å². The average molecular weight is 244 g/mol. The predicted molar refractivity (Wildman–Crippen MR) is 66.0 cm³/mol. The van der Waals surface area contributed by atoms with Crippen molar-refractivity contribution in [2.45, 2.75) is 64.7 Å². The summed E-state index contributed by atoms with van der Waals surface area (Å²) in [6.45, 7) is 2.13. The molecule has 100 valence electrons. The normalized spacial score (nSPS) is 12.3. The largest absolute Gasteiger partial charge is 0.481 e. The van der Waals surface area contributed by atoms with Crippen molar-refractivity contribution in [2.75, 3.05) is 0 Å². The molecule has 0 aliphatic carbocycles. The molecule has 0 saturated carbocycles. The zero-order valence-electron chi connectivity index (χ0n) is 10.7. The molecule has 0 bridgehead atoms. The van der Waals surface area contributed by atoms with Crippen LogP contribution in [-0.4, -0.2) is 22.2 Å². The van der Waals surface area contributed by atoms with Crippen LogP contribution in [0, 0.1) is 5.92 Å². The van der Waals surface area contributed by atoms with Gasteiger partial charge in [-0.25, -0.2) is 0 Å². The lowest BCUT2D eigenvalue weighted by Gasteiger charge is -2.11. The molecule has 0 aromatic rings. The van der Waals surface area contributed by atoms with Crippen molar-refractivity contribution in [3.8, 4) is 0 Å². The molecule has 0 amide bonds. The van der Waals surface area contributed by atoms with Crippen LogP contribution in [-0.2, 0) is 9.59 Å². The molecule has 0 fully saturated rings. The van der Waals surface area contributed by atoms with E-state index in [1.165, 1.54) is 0 Å². The van der Waals surface area contributed by atoms with Gasteiger partial charge in [-0.2, -0.15) is 0 Å². The first-order valence-electron chi connectivity index (χ1n) is 6.52. The molecule has 0 radical (unpaired) electrons. The van der Waals surface area contributed by atoms with Crippen LogP contribution in [0.2, 0.25) is 0 Å². The fourth-order valence-electron chi connectivity index (χ4n) is 1.88. The van der Waals surface area contributed by atoms with Gasteiger partial charge in [-0.3, -0.25) is 9.59 Å². The molecular weight excluding hydrogens is 220 g/mol. The molecule has 4 nitrogen and oxygen atoms in total. The molecule has 0 spiro atoms. The van der Waals surface area contributed by atoms with E-state index in [-0.39, 0.29) is 12.3 Å². The van der Waals surface area contributed by atoms with Gasteiger partial charge in [0, 0.05) is 6.42 Å². The van der Waals surface area contributed by atoms with Gasteiger partial charge in [0.2, 0.25) is 0 Å². The third-order valence-corrected chi connectivity index (χ3v) is 2.95. The van der Waals surface area contributed by atoms with Crippen molar-refractivity contribution in [3.05, 3.63) is 0 Å². The van der Waals surface area contributed by atoms with E-state index < -0.39 is 11.9 Å². The van der Waals surface area contributed by atoms with Crippen LogP contribution in [0.3, 0.4) is 0 Å². The van der Waals surface area contributed by atoms with E-state index >= 15 is 0 Å². The lowest BCUT2D eigenvalue weighted by Crippen LogP contribution is -2.13. The molecule has 0 aliphatic rings. The smallest absolute Gasteiger partial charge is 0.306 e. The Balaban J connectivity index is 3.67. The summed E-state index contributed by atoms with van der Waals surface area (Å²) >= 11 is 0. The zero-order chi connectivity index (χ0) is 13.1. The molecule has 0 saturated heterocycles. The molecular formula is C13H24O4. The van der Waals surface area contributed by atoms with Crippen LogP contribution in [0.4, 0.5) is 0 Å². The van der Waals surface area contributed by atoms with Gasteiger partial charge in [0.25, 0.3) is 0 Å². The Morgan fingerprint density at radius 1 is 0.941 bits per heavy atom. The summed E-state index contributed by atoms with van der Waals surface area (Å²) in [5.41, 5.74) is 0. The van der Waals surface area contributed by atoms with E-state index in [1.54, 1.807) is 0 Å². The number of hydrogen-bond donors (Lipinski definition) is 2. The lowest BCUT2D eigenvalue weighted by atomic mass is 9.95. The minimum atomic E-state index is -0.806. The van der Waals surface area contributed by atoms with E-state index in [0.29, 0.717) is 19.3 Å². The standard InChI is InChI=1S/C13H24O4/c1-2-3-4-5-8-11(13(16)17)9-6-7-10-12(14)15/h11H,2-10H2,1H3,(H,14,15)(H,16,17). The molecule has 0 aromatic carbocycles. The Bertz CT molecular complexity index is 225. The van der Waals surface area contributed by atoms with Crippen molar-refractivity contribution >= 4 is 11.9 Å². The third kappa shape index (κ3) is 9.85. The highest BCUT2D eigenvalue weighted by Gasteiger charge is 2.16. The maximum Gasteiger partial charge on any atom is 0.306 e. The first-order valence-corrected chi connectivity index (χ1v) is 6.52. The lowest BCUT2D eigenvalue weighted by molar-refractivity contribution is -0.142. The molecule has 0 heterocycles. The monoisotopic (exact) mass is 244 g/mol. The summed E-state index contributed by atoms with van der Waals surface area (Å²) in [6, 6.07) is 0. The highest BCUT2D eigenvalue weighted by atomic mass is 16.4. The maximum atomic E-state index is 11.0. The Morgan fingerprint density at radius 2 is 1.53 bits per heavy atom. The number of unbranched alkanes of at least 4 members (excludes halogenated alkanes) is 4. The van der Waals surface area contributed by atoms with Crippen LogP contribution in [0.25, 0.3) is 0 Å². The second-order valence-electron chi connectivity index (χ2n) is 4.52. The minimum absolute atomic E-state index is 0.141. The van der Waals surface area contributed by atoms with Crippen LogP contribution in [0.1, 0.15) is 64.7 Å². The van der Waals surface area contributed by atoms with Crippen molar-refractivity contribution < 1.29 is 19.8 Å². The number of carboxylic acid groups (broad SMARTS) is 2. The van der Waals surface area contributed by atoms with Crippen LogP contribution < -0.4 is 0 Å². The Kier molecular flexibility index (Phi) is 9.49. The third-order valence-electron chi connectivity index (χ3n) is 2.95. The van der Waals surface area contributed by atoms with Gasteiger partial charge in [0.1, 0.15) is 0 Å². The Morgan fingerprint density at radius 3 is 2.00 bits per heavy atom. The summed E-state index contributed by atoms with van der Waals surface area (Å²) in [4.78, 5) is 21.3. The molecule has 1 atom stereocenters. The Hall–Kier alpha value is -1.06. The number of carboxylic acids is 2. The molecule has 4 heteroatoms. The molecule has 17 heavy (non-hydrogen) atoms. The number of hydrogen-bond acceptors (Lipinski definition) is 2. The Labute approximate surface area is 103 Å². The average Bonchev–Trinajstić information content (AvgIpc) is 2.26. The van der Waals surface area contributed by atoms with Gasteiger partial charge in [-0.1, -0.05) is 39.0 Å². The molecule has 0 rings (SSSR count). The van der Waals surface area contributed by atoms with E-state index in [0.717, 1.165) is 32.1 Å². The summed E-state index contributed by atoms with van der Waals surface area (Å²) in [6.07, 6.45) is 7.10. The number of carbonyl (C=O) groups is 2. The number of aliphatic carboxylic acids is 2. The second-order valence-corrected chi connectivity index (χ2v) is 4.52. The maximum absolute atomic E-state index is 11.0. The van der Waals surface area contributed by atoms with Gasteiger partial charge in [-0.15, -0.1) is 0 Å². The summed E-state index contributed by atoms with van der Waals surface area (Å²) in [5, 5.41) is 17.5. The van der Waals surface area contributed by atoms with E-state index in [4.69, 9.17) is 10.2 Å². The quantitative estimate of drug-likeness (QED) is 0.547. The summed E-state index contributed by atoms with van der Waals surface area (Å²) in [7, 11) is 0. The van der Waals surface area contributed by atoms with Crippen molar-refractivity contribution in [1.29, 1.82) is 0 Å². The fourth-order valence-corrected chi connectivity index (χ4v) is 1.88. The first-order chi connectivity index (χ1) is 8.07. The van der Waals surface area contributed by atoms with E-state index in [9.17, 15) is 9.59 Å². The van der Waals surface area contributed by atoms with Crippen molar-refractivity contribution in [2.24, 2.45) is 5.92 Å². The van der Waals surface area contributed by atoms with Crippen LogP contribution in [0.5, 0.6) is 0 Å². The van der Waals surface area contributed by atoms with Gasteiger partial charge in [0.05, 0.1) is 5.92 Å². The van der Waals surface area contributed by atoms with Crippen molar-refractivity contribution in [1.82, 2.24) is 0 Å². The van der Waals surface area contributed by atoms with Crippen LogP contribution >= 0.6 is 0 Å². The molecule has 1 unspecified atom stereocenters. The SMILES string of the molecule is CCCCCCC(CCCCC(=O)O)C(=O)O. The van der Waals surface area contributed by atoms with Crippen LogP contribution in [0.15, 0.2) is 0 Å². The highest BCUT2D eigenvalue weighted by Crippen LogP contribution is 2.18. The van der Waals surface area contributed by atoms with E-state index in [1.807, 2.05) is 0 Å². The van der Waals surface area contributed by atoms with Gasteiger partial charge in [0.15, 0.2) is 0 Å². The second kappa shape index (κ2) is 10.1. The summed E-state index contributed by atoms with van der Waals surface area (Å²) < 4.78 is 0.